The summed E-state index contributed by atoms with van der Waals surface area (Å²) in [6.07, 6.45) is -3.39. The highest BCUT2D eigenvalue weighted by Gasteiger charge is 2.31. The van der Waals surface area contributed by atoms with Crippen LogP contribution in [-0.2, 0) is 17.3 Å². The molecule has 1 fully saturated rings. The van der Waals surface area contributed by atoms with Gasteiger partial charge in [0.2, 0.25) is 0 Å². The molecular weight excluding hydrogens is 437 g/mol. The van der Waals surface area contributed by atoms with E-state index in [1.54, 1.807) is 26.2 Å². The molecule has 33 heavy (non-hydrogen) atoms. The van der Waals surface area contributed by atoms with Gasteiger partial charge in [-0.25, -0.2) is 9.97 Å². The first kappa shape index (κ1) is 22.9. The van der Waals surface area contributed by atoms with E-state index >= 15 is 0 Å². The number of aryl methyl sites for hydroxylation is 1. The van der Waals surface area contributed by atoms with Crippen LogP contribution in [0.15, 0.2) is 30.3 Å². The molecule has 2 heterocycles. The van der Waals surface area contributed by atoms with Crippen LogP contribution in [0.2, 0.25) is 0 Å². The summed E-state index contributed by atoms with van der Waals surface area (Å²) < 4.78 is 56.2. The van der Waals surface area contributed by atoms with E-state index in [0.717, 1.165) is 23.9 Å². The second-order valence-corrected chi connectivity index (χ2v) is 7.88. The van der Waals surface area contributed by atoms with E-state index in [0.29, 0.717) is 60.4 Å². The number of benzene rings is 2. The monoisotopic (exact) mass is 462 g/mol. The van der Waals surface area contributed by atoms with Gasteiger partial charge in [-0.3, -0.25) is 0 Å². The summed E-state index contributed by atoms with van der Waals surface area (Å²) in [6, 6.07) is 7.19. The Morgan fingerprint density at radius 1 is 1.15 bits per heavy atom. The highest BCUT2D eigenvalue weighted by atomic mass is 19.4. The largest absolute Gasteiger partial charge is 0.493 e. The maximum atomic E-state index is 13.1. The number of anilines is 2. The summed E-state index contributed by atoms with van der Waals surface area (Å²) in [6.45, 7) is 3.28. The molecule has 1 saturated heterocycles. The summed E-state index contributed by atoms with van der Waals surface area (Å²) in [5.74, 6) is 2.22. The third-order valence-corrected chi connectivity index (χ3v) is 5.32. The van der Waals surface area contributed by atoms with E-state index in [1.165, 1.54) is 0 Å². The molecule has 3 N–H and O–H groups in total. The number of fused-ring (bicyclic) bond motifs is 1. The Bertz CT molecular complexity index is 1150. The minimum atomic E-state index is -4.45. The molecular formula is C23H25F3N4O3. The SMILES string of the molecule is COc1cc2nc(C)nc(NCCc3cc(N)cc(C(F)(F)F)c3)c2cc1O[C@H]1CCOC1. The summed E-state index contributed by atoms with van der Waals surface area (Å²) >= 11 is 0. The molecule has 4 rings (SSSR count). The van der Waals surface area contributed by atoms with Gasteiger partial charge < -0.3 is 25.3 Å². The lowest BCUT2D eigenvalue weighted by molar-refractivity contribution is -0.137. The Kier molecular flexibility index (Phi) is 6.46. The van der Waals surface area contributed by atoms with E-state index in [-0.39, 0.29) is 11.8 Å². The van der Waals surface area contributed by atoms with Crippen molar-refractivity contribution >= 4 is 22.4 Å². The van der Waals surface area contributed by atoms with Crippen molar-refractivity contribution in [2.75, 3.05) is 37.9 Å². The van der Waals surface area contributed by atoms with Gasteiger partial charge in [-0.05, 0) is 43.2 Å². The molecule has 176 valence electrons. The van der Waals surface area contributed by atoms with Crippen molar-refractivity contribution in [2.24, 2.45) is 0 Å². The van der Waals surface area contributed by atoms with Gasteiger partial charge in [-0.1, -0.05) is 0 Å². The average molecular weight is 462 g/mol. The number of hydrogen-bond donors (Lipinski definition) is 2. The highest BCUT2D eigenvalue weighted by Crippen LogP contribution is 2.36. The number of methoxy groups -OCH3 is 1. The quantitative estimate of drug-likeness (QED) is 0.504. The first-order chi connectivity index (χ1) is 15.7. The lowest BCUT2D eigenvalue weighted by Gasteiger charge is -2.17. The molecule has 7 nitrogen and oxygen atoms in total. The third kappa shape index (κ3) is 5.39. The molecule has 0 aliphatic carbocycles. The second-order valence-electron chi connectivity index (χ2n) is 7.88. The summed E-state index contributed by atoms with van der Waals surface area (Å²) in [5.41, 5.74) is 6.14. The first-order valence-electron chi connectivity index (χ1n) is 10.5. The standard InChI is InChI=1S/C23H25F3N4O3/c1-13-29-19-11-20(31-2)21(33-17-4-6-32-12-17)10-18(19)22(30-13)28-5-3-14-7-15(23(24,25)26)9-16(27)8-14/h7-11,17H,3-6,12,27H2,1-2H3,(H,28,29,30)/t17-/m0/s1. The maximum Gasteiger partial charge on any atom is 0.416 e. The third-order valence-electron chi connectivity index (χ3n) is 5.32. The lowest BCUT2D eigenvalue weighted by Crippen LogP contribution is -2.16. The molecule has 0 bridgehead atoms. The molecule has 3 aromatic rings. The topological polar surface area (TPSA) is 91.5 Å². The number of rotatable bonds is 7. The zero-order chi connectivity index (χ0) is 23.6. The molecule has 0 saturated carbocycles. The van der Waals surface area contributed by atoms with Crippen molar-refractivity contribution in [3.63, 3.8) is 0 Å². The number of nitrogens with one attached hydrogen (secondary N) is 1. The number of ether oxygens (including phenoxy) is 3. The Labute approximate surface area is 189 Å². The van der Waals surface area contributed by atoms with Crippen molar-refractivity contribution in [3.05, 3.63) is 47.3 Å². The molecule has 1 aromatic heterocycles. The van der Waals surface area contributed by atoms with Gasteiger partial charge in [0, 0.05) is 30.1 Å². The Morgan fingerprint density at radius 2 is 1.97 bits per heavy atom. The van der Waals surface area contributed by atoms with Gasteiger partial charge in [0.25, 0.3) is 0 Å². The molecule has 2 aromatic carbocycles. The van der Waals surface area contributed by atoms with E-state index in [2.05, 4.69) is 15.3 Å². The predicted molar refractivity (Wildman–Crippen MR) is 119 cm³/mol. The number of hydrogen-bond acceptors (Lipinski definition) is 7. The number of aromatic nitrogens is 2. The van der Waals surface area contributed by atoms with Crippen molar-refractivity contribution < 1.29 is 27.4 Å². The Morgan fingerprint density at radius 3 is 2.67 bits per heavy atom. The van der Waals surface area contributed by atoms with E-state index in [1.807, 2.05) is 6.07 Å². The number of halogens is 3. The second kappa shape index (κ2) is 9.30. The van der Waals surface area contributed by atoms with Crippen LogP contribution < -0.4 is 20.5 Å². The molecule has 0 unspecified atom stereocenters. The first-order valence-corrected chi connectivity index (χ1v) is 10.5. The maximum absolute atomic E-state index is 13.1. The molecule has 0 radical (unpaired) electrons. The fraction of sp³-hybridized carbons (Fsp3) is 0.391. The van der Waals surface area contributed by atoms with Crippen molar-refractivity contribution in [3.8, 4) is 11.5 Å². The van der Waals surface area contributed by atoms with Gasteiger partial charge in [-0.2, -0.15) is 13.2 Å². The number of nitrogen functional groups attached to an aromatic ring is 1. The Hall–Kier alpha value is -3.27. The van der Waals surface area contributed by atoms with Crippen molar-refractivity contribution in [2.45, 2.75) is 32.0 Å². The summed E-state index contributed by atoms with van der Waals surface area (Å²) in [4.78, 5) is 8.97. The highest BCUT2D eigenvalue weighted by molar-refractivity contribution is 5.91. The van der Waals surface area contributed by atoms with Crippen LogP contribution in [0, 0.1) is 6.92 Å². The van der Waals surface area contributed by atoms with Crippen molar-refractivity contribution in [1.29, 1.82) is 0 Å². The van der Waals surface area contributed by atoms with Crippen LogP contribution in [0.3, 0.4) is 0 Å². The molecule has 1 aliphatic heterocycles. The normalized spacial score (nSPS) is 16.2. The van der Waals surface area contributed by atoms with Gasteiger partial charge in [0.1, 0.15) is 17.7 Å². The van der Waals surface area contributed by atoms with Crippen LogP contribution >= 0.6 is 0 Å². The van der Waals surface area contributed by atoms with E-state index in [4.69, 9.17) is 19.9 Å². The van der Waals surface area contributed by atoms with Gasteiger partial charge in [0.05, 0.1) is 31.4 Å². The molecule has 10 heteroatoms. The van der Waals surface area contributed by atoms with Crippen LogP contribution in [-0.4, -0.2) is 42.9 Å². The lowest BCUT2D eigenvalue weighted by atomic mass is 10.1. The van der Waals surface area contributed by atoms with Gasteiger partial charge in [0.15, 0.2) is 11.5 Å². The van der Waals surface area contributed by atoms with Crippen LogP contribution in [0.5, 0.6) is 11.5 Å². The Balaban J connectivity index is 1.57. The van der Waals surface area contributed by atoms with Crippen LogP contribution in [0.25, 0.3) is 10.9 Å². The zero-order valence-corrected chi connectivity index (χ0v) is 18.3. The number of nitrogens with zero attached hydrogens (tertiary/aromatic N) is 2. The smallest absolute Gasteiger partial charge is 0.416 e. The summed E-state index contributed by atoms with van der Waals surface area (Å²) in [5, 5.41) is 3.94. The molecule has 0 amide bonds. The fourth-order valence-electron chi connectivity index (χ4n) is 3.78. The fourth-order valence-corrected chi connectivity index (χ4v) is 3.78. The van der Waals surface area contributed by atoms with Gasteiger partial charge in [-0.15, -0.1) is 0 Å². The average Bonchev–Trinajstić information content (AvgIpc) is 3.25. The van der Waals surface area contributed by atoms with Crippen molar-refractivity contribution in [1.82, 2.24) is 9.97 Å². The van der Waals surface area contributed by atoms with Crippen LogP contribution in [0.4, 0.5) is 24.7 Å². The van der Waals surface area contributed by atoms with Gasteiger partial charge >= 0.3 is 6.18 Å². The molecule has 0 spiro atoms. The van der Waals surface area contributed by atoms with E-state index < -0.39 is 11.7 Å². The number of alkyl halides is 3. The molecule has 1 atom stereocenters. The minimum absolute atomic E-state index is 0.0644. The van der Waals surface area contributed by atoms with E-state index in [9.17, 15) is 13.2 Å². The minimum Gasteiger partial charge on any atom is -0.493 e. The number of nitrogens with two attached hydrogens (primary N) is 1. The zero-order valence-electron chi connectivity index (χ0n) is 18.3. The predicted octanol–water partition coefficient (Wildman–Crippen LogP) is 4.37. The summed E-state index contributed by atoms with van der Waals surface area (Å²) in [7, 11) is 1.56. The molecule has 1 aliphatic rings. The van der Waals surface area contributed by atoms with Crippen LogP contribution in [0.1, 0.15) is 23.4 Å².